The minimum Gasteiger partial charge on any atom is -0.492 e. The molecule has 54 heavy (non-hydrogen) atoms. The Hall–Kier alpha value is -1.50. The van der Waals surface area contributed by atoms with Crippen molar-refractivity contribution < 1.29 is 4.74 Å². The van der Waals surface area contributed by atoms with Crippen molar-refractivity contribution in [3.63, 3.8) is 0 Å². The van der Waals surface area contributed by atoms with E-state index in [1.807, 2.05) is 0 Å². The van der Waals surface area contributed by atoms with Crippen LogP contribution in [0.4, 0.5) is 0 Å². The van der Waals surface area contributed by atoms with Gasteiger partial charge in [0.05, 0.1) is 6.61 Å². The molecule has 0 radical (unpaired) electrons. The Kier molecular flexibility index (Phi) is 32.5. The summed E-state index contributed by atoms with van der Waals surface area (Å²) in [5, 5.41) is 0. The van der Waals surface area contributed by atoms with E-state index in [9.17, 15) is 0 Å². The van der Waals surface area contributed by atoms with Gasteiger partial charge in [0, 0.05) is 5.56 Å². The molecule has 1 aromatic carbocycles. The molecule has 0 aliphatic heterocycles. The first-order valence-electron chi connectivity index (χ1n) is 24.4. The molecule has 0 heterocycles. The molecule has 1 rings (SSSR count). The maximum atomic E-state index is 7.03. The van der Waals surface area contributed by atoms with Gasteiger partial charge in [-0.15, -0.1) is 13.2 Å². The third kappa shape index (κ3) is 24.9. The summed E-state index contributed by atoms with van der Waals surface area (Å²) in [6.07, 6.45) is 51.3. The van der Waals surface area contributed by atoms with Gasteiger partial charge in [0.1, 0.15) is 5.75 Å². The van der Waals surface area contributed by atoms with E-state index < -0.39 is 0 Å². The first-order valence-corrected chi connectivity index (χ1v) is 24.4. The third-order valence-corrected chi connectivity index (χ3v) is 11.7. The van der Waals surface area contributed by atoms with Crippen molar-refractivity contribution in [3.8, 4) is 5.75 Å². The molecule has 1 aromatic rings. The van der Waals surface area contributed by atoms with Crippen LogP contribution in [0.1, 0.15) is 262 Å². The quantitative estimate of drug-likeness (QED) is 0.0481. The molecule has 1 heteroatoms. The Morgan fingerprint density at radius 3 is 0.963 bits per heavy atom. The van der Waals surface area contributed by atoms with E-state index >= 15 is 0 Å². The van der Waals surface area contributed by atoms with Gasteiger partial charge in [-0.3, -0.25) is 0 Å². The van der Waals surface area contributed by atoms with E-state index in [0.29, 0.717) is 0 Å². The topological polar surface area (TPSA) is 9.23 Å². The summed E-state index contributed by atoms with van der Waals surface area (Å²) >= 11 is 0. The zero-order valence-electron chi connectivity index (χ0n) is 37.9. The lowest BCUT2D eigenvalue weighted by Crippen LogP contribution is -2.20. The van der Waals surface area contributed by atoms with Gasteiger partial charge in [0.2, 0.25) is 0 Å². The van der Waals surface area contributed by atoms with Crippen LogP contribution in [0.3, 0.4) is 0 Å². The maximum Gasteiger partial charge on any atom is 0.126 e. The molecule has 0 saturated carbocycles. The van der Waals surface area contributed by atoms with Crippen LogP contribution >= 0.6 is 0 Å². The summed E-state index contributed by atoms with van der Waals surface area (Å²) in [6.45, 7) is 23.2. The highest BCUT2D eigenvalue weighted by Gasteiger charge is 2.25. The van der Waals surface area contributed by atoms with E-state index in [-0.39, 0.29) is 5.41 Å². The van der Waals surface area contributed by atoms with Crippen molar-refractivity contribution in [2.24, 2.45) is 5.41 Å². The monoisotopic (exact) mass is 749 g/mol. The lowest BCUT2D eigenvalue weighted by Gasteiger charge is -2.29. The molecule has 0 unspecified atom stereocenters. The first kappa shape index (κ1) is 50.5. The molecule has 0 fully saturated rings. The second kappa shape index (κ2) is 34.7. The molecular weight excluding hydrogens is 653 g/mol. The molecule has 314 valence electrons. The summed E-state index contributed by atoms with van der Waals surface area (Å²) in [7, 11) is 0. The zero-order valence-corrected chi connectivity index (χ0v) is 37.9. The second-order valence-electron chi connectivity index (χ2n) is 18.4. The van der Waals surface area contributed by atoms with E-state index in [0.717, 1.165) is 25.9 Å². The number of hydrogen-bond acceptors (Lipinski definition) is 1. The molecular formula is C53H96O. The number of hydrogen-bond donors (Lipinski definition) is 0. The van der Waals surface area contributed by atoms with Crippen LogP contribution in [0, 0.1) is 5.41 Å². The maximum absolute atomic E-state index is 7.03. The van der Waals surface area contributed by atoms with Crippen molar-refractivity contribution >= 4 is 0 Å². The minimum atomic E-state index is 0.115. The molecule has 0 aliphatic carbocycles. The Morgan fingerprint density at radius 2 is 0.648 bits per heavy atom. The van der Waals surface area contributed by atoms with E-state index in [1.165, 1.54) is 222 Å². The predicted molar refractivity (Wildman–Crippen MR) is 246 cm³/mol. The van der Waals surface area contributed by atoms with Crippen LogP contribution < -0.4 is 4.74 Å². The molecule has 0 amide bonds. The normalized spacial score (nSPS) is 11.7. The van der Waals surface area contributed by atoms with Crippen LogP contribution in [-0.2, 0) is 32.1 Å². The largest absolute Gasteiger partial charge is 0.492 e. The highest BCUT2D eigenvalue weighted by atomic mass is 16.5. The number of ether oxygens (including phenoxy) is 1. The van der Waals surface area contributed by atoms with Crippen LogP contribution in [0.5, 0.6) is 5.75 Å². The van der Waals surface area contributed by atoms with Crippen molar-refractivity contribution in [1.82, 2.24) is 0 Å². The number of unbranched alkanes of at least 4 members (excludes halogenated alkanes) is 27. The van der Waals surface area contributed by atoms with E-state index in [2.05, 4.69) is 66.9 Å². The van der Waals surface area contributed by atoms with Gasteiger partial charge >= 0.3 is 0 Å². The molecule has 1 nitrogen and oxygen atoms in total. The summed E-state index contributed by atoms with van der Waals surface area (Å²) in [6, 6.07) is 0. The van der Waals surface area contributed by atoms with Crippen LogP contribution in [0.2, 0.25) is 0 Å². The lowest BCUT2D eigenvalue weighted by molar-refractivity contribution is 0.194. The molecule has 0 spiro atoms. The Balaban J connectivity index is 3.28. The summed E-state index contributed by atoms with van der Waals surface area (Å²) in [5.41, 5.74) is 7.98. The number of allylic oxidation sites excluding steroid dienone is 2. The van der Waals surface area contributed by atoms with Gasteiger partial charge in [-0.1, -0.05) is 227 Å². The van der Waals surface area contributed by atoms with Gasteiger partial charge in [-0.2, -0.15) is 0 Å². The summed E-state index contributed by atoms with van der Waals surface area (Å²) in [5.74, 6) is 1.23. The van der Waals surface area contributed by atoms with Gasteiger partial charge < -0.3 is 4.74 Å². The first-order chi connectivity index (χ1) is 26.3. The molecule has 0 N–H and O–H groups in total. The van der Waals surface area contributed by atoms with Gasteiger partial charge in [-0.25, -0.2) is 0 Å². The fraction of sp³-hybridized carbons (Fsp3) is 0.811. The van der Waals surface area contributed by atoms with Gasteiger partial charge in [0.15, 0.2) is 0 Å². The van der Waals surface area contributed by atoms with Crippen LogP contribution in [-0.4, -0.2) is 6.61 Å². The summed E-state index contributed by atoms with van der Waals surface area (Å²) in [4.78, 5) is 0. The SMILES string of the molecule is C=CCc1c(CCCCCCCCCCCC)c(CCCCCCCCCCCC)c(CCCCCCCCCCCC)c(OCC(C)(C)C)c1CC=C. The number of benzene rings is 1. The molecule has 0 bridgehead atoms. The van der Waals surface area contributed by atoms with Crippen LogP contribution in [0.15, 0.2) is 25.3 Å². The standard InChI is InChI=1S/C53H96O/c1-9-14-17-20-23-26-29-32-35-38-43-48-47(41-12-4)50(42-13-5)52(54-46-53(6,7)8)51(45-40-37-34-31-28-25-22-19-16-11-3)49(48)44-39-36-33-30-27-24-21-18-15-10-2/h12-13H,4-5,9-11,14-46H2,1-3,6-8H3. The number of rotatable bonds is 39. The second-order valence-corrected chi connectivity index (χ2v) is 18.4. The van der Waals surface area contributed by atoms with Crippen molar-refractivity contribution in [2.45, 2.75) is 266 Å². The Morgan fingerprint density at radius 1 is 0.370 bits per heavy atom. The average molecular weight is 749 g/mol. The molecule has 0 aliphatic rings. The minimum absolute atomic E-state index is 0.115. The molecule has 0 atom stereocenters. The van der Waals surface area contributed by atoms with E-state index in [1.54, 1.807) is 16.7 Å². The fourth-order valence-corrected chi connectivity index (χ4v) is 8.45. The Labute approximate surface area is 340 Å². The molecule has 0 saturated heterocycles. The summed E-state index contributed by atoms with van der Waals surface area (Å²) < 4.78 is 7.03. The average Bonchev–Trinajstić information content (AvgIpc) is 3.15. The highest BCUT2D eigenvalue weighted by molar-refractivity contribution is 5.57. The van der Waals surface area contributed by atoms with Crippen molar-refractivity contribution in [3.05, 3.63) is 53.1 Å². The van der Waals surface area contributed by atoms with Gasteiger partial charge in [0.25, 0.3) is 0 Å². The molecule has 0 aromatic heterocycles. The smallest absolute Gasteiger partial charge is 0.126 e. The fourth-order valence-electron chi connectivity index (χ4n) is 8.45. The van der Waals surface area contributed by atoms with Gasteiger partial charge in [-0.05, 0) is 79.0 Å². The zero-order chi connectivity index (χ0) is 39.5. The van der Waals surface area contributed by atoms with Crippen LogP contribution in [0.25, 0.3) is 0 Å². The third-order valence-electron chi connectivity index (χ3n) is 11.7. The van der Waals surface area contributed by atoms with Crippen molar-refractivity contribution in [2.75, 3.05) is 6.61 Å². The Bertz CT molecular complexity index is 1020. The highest BCUT2D eigenvalue weighted by Crippen LogP contribution is 2.40. The van der Waals surface area contributed by atoms with E-state index in [4.69, 9.17) is 4.74 Å². The predicted octanol–water partition coefficient (Wildman–Crippen LogP) is 18.0. The van der Waals surface area contributed by atoms with Crippen molar-refractivity contribution in [1.29, 1.82) is 0 Å². The lowest BCUT2D eigenvalue weighted by atomic mass is 9.81.